The second-order valence-electron chi connectivity index (χ2n) is 5.74. The minimum Gasteiger partial charge on any atom is -0.377 e. The highest BCUT2D eigenvalue weighted by Crippen LogP contribution is 2.25. The van der Waals surface area contributed by atoms with Crippen LogP contribution in [0.5, 0.6) is 0 Å². The van der Waals surface area contributed by atoms with Gasteiger partial charge in [0, 0.05) is 0 Å². The summed E-state index contributed by atoms with van der Waals surface area (Å²) < 4.78 is 157. The van der Waals surface area contributed by atoms with Gasteiger partial charge in [0.2, 0.25) is 0 Å². The maximum Gasteiger partial charge on any atom is 0.471 e. The number of carbonyl (C=O) groups is 4. The molecule has 0 saturated carbocycles. The molecule has 0 N–H and O–H groups in total. The molecule has 0 unspecified atom stereocenters. The summed E-state index contributed by atoms with van der Waals surface area (Å²) in [6, 6.07) is 0. The van der Waals surface area contributed by atoms with Crippen LogP contribution < -0.4 is 0 Å². The molecule has 0 saturated heterocycles. The van der Waals surface area contributed by atoms with Crippen molar-refractivity contribution in [2.45, 2.75) is 24.7 Å². The Balaban J connectivity index is 4.71. The van der Waals surface area contributed by atoms with Crippen molar-refractivity contribution in [3.63, 3.8) is 0 Å². The van der Waals surface area contributed by atoms with Gasteiger partial charge in [-0.2, -0.15) is 52.7 Å². The molecule has 0 heterocycles. The standard InChI is InChI=1S/C14H12F12N2O6/c15-11(16,17)7(29)27(8(30)12(18,19)20)1-3-33-5-6-34-4-2-28(9(31)13(21,22)23)10(32)14(24,25)26/h1-6H2. The Morgan fingerprint density at radius 3 is 0.824 bits per heavy atom. The lowest BCUT2D eigenvalue weighted by Gasteiger charge is -2.23. The summed E-state index contributed by atoms with van der Waals surface area (Å²) in [6.07, 6.45) is -23.3. The van der Waals surface area contributed by atoms with Gasteiger partial charge in [-0.25, -0.2) is 0 Å². The number of rotatable bonds is 9. The van der Waals surface area contributed by atoms with Crippen LogP contribution in [0.1, 0.15) is 0 Å². The Morgan fingerprint density at radius 2 is 0.647 bits per heavy atom. The van der Waals surface area contributed by atoms with Crippen molar-refractivity contribution >= 4 is 23.6 Å². The van der Waals surface area contributed by atoms with Gasteiger partial charge < -0.3 is 9.47 Å². The monoisotopic (exact) mass is 532 g/mol. The molecule has 0 rings (SSSR count). The fraction of sp³-hybridized carbons (Fsp3) is 0.714. The minimum atomic E-state index is -5.84. The average molecular weight is 532 g/mol. The van der Waals surface area contributed by atoms with E-state index in [2.05, 4.69) is 9.47 Å². The predicted octanol–water partition coefficient (Wildman–Crippen LogP) is 1.98. The quantitative estimate of drug-likeness (QED) is 0.333. The van der Waals surface area contributed by atoms with Gasteiger partial charge in [-0.1, -0.05) is 0 Å². The summed E-state index contributed by atoms with van der Waals surface area (Å²) in [5, 5.41) is 0. The van der Waals surface area contributed by atoms with Crippen LogP contribution in [0.15, 0.2) is 0 Å². The van der Waals surface area contributed by atoms with E-state index in [-0.39, 0.29) is 0 Å². The van der Waals surface area contributed by atoms with Crippen LogP contribution in [0, 0.1) is 0 Å². The van der Waals surface area contributed by atoms with E-state index < -0.39 is 97.7 Å². The van der Waals surface area contributed by atoms with Crippen molar-refractivity contribution < 1.29 is 81.3 Å². The van der Waals surface area contributed by atoms with Gasteiger partial charge >= 0.3 is 48.3 Å². The molecule has 0 aromatic carbocycles. The highest BCUT2D eigenvalue weighted by Gasteiger charge is 2.53. The van der Waals surface area contributed by atoms with Gasteiger partial charge in [-0.15, -0.1) is 0 Å². The maximum absolute atomic E-state index is 12.3. The van der Waals surface area contributed by atoms with Crippen molar-refractivity contribution in [3.05, 3.63) is 0 Å². The molecule has 0 aromatic heterocycles. The third-order valence-corrected chi connectivity index (χ3v) is 3.24. The number of imide groups is 2. The van der Waals surface area contributed by atoms with E-state index >= 15 is 0 Å². The van der Waals surface area contributed by atoms with Crippen LogP contribution in [-0.4, -0.2) is 97.7 Å². The Labute approximate surface area is 180 Å². The fourth-order valence-corrected chi connectivity index (χ4v) is 1.84. The Bertz CT molecular complexity index is 629. The zero-order chi connectivity index (χ0) is 27.1. The van der Waals surface area contributed by atoms with E-state index in [1.54, 1.807) is 0 Å². The first-order chi connectivity index (χ1) is 15.1. The highest BCUT2D eigenvalue weighted by atomic mass is 19.4. The number of ether oxygens (including phenoxy) is 2. The van der Waals surface area contributed by atoms with Gasteiger partial charge in [0.05, 0.1) is 39.5 Å². The van der Waals surface area contributed by atoms with Crippen molar-refractivity contribution in [1.82, 2.24) is 9.80 Å². The molecule has 34 heavy (non-hydrogen) atoms. The summed E-state index contributed by atoms with van der Waals surface area (Å²) >= 11 is 0. The molecule has 0 bridgehead atoms. The van der Waals surface area contributed by atoms with Crippen molar-refractivity contribution in [3.8, 4) is 0 Å². The van der Waals surface area contributed by atoms with E-state index in [1.807, 2.05) is 0 Å². The molecule has 0 aliphatic rings. The number of hydrogen-bond acceptors (Lipinski definition) is 6. The van der Waals surface area contributed by atoms with E-state index in [0.717, 1.165) is 0 Å². The van der Waals surface area contributed by atoms with Crippen molar-refractivity contribution in [2.75, 3.05) is 39.5 Å². The molecule has 0 spiro atoms. The normalized spacial score (nSPS) is 12.9. The number of hydrogen-bond donors (Lipinski definition) is 0. The maximum atomic E-state index is 12.3. The Morgan fingerprint density at radius 1 is 0.441 bits per heavy atom. The van der Waals surface area contributed by atoms with Crippen LogP contribution in [0.3, 0.4) is 0 Å². The predicted molar refractivity (Wildman–Crippen MR) is 79.3 cm³/mol. The van der Waals surface area contributed by atoms with E-state index in [4.69, 9.17) is 0 Å². The van der Waals surface area contributed by atoms with Gasteiger partial charge in [-0.05, 0) is 0 Å². The van der Waals surface area contributed by atoms with Crippen LogP contribution in [0.2, 0.25) is 0 Å². The largest absolute Gasteiger partial charge is 0.471 e. The van der Waals surface area contributed by atoms with Crippen LogP contribution in [0.25, 0.3) is 0 Å². The molecule has 8 nitrogen and oxygen atoms in total. The molecule has 0 aliphatic carbocycles. The zero-order valence-corrected chi connectivity index (χ0v) is 16.1. The van der Waals surface area contributed by atoms with Crippen molar-refractivity contribution in [1.29, 1.82) is 0 Å². The van der Waals surface area contributed by atoms with Gasteiger partial charge in [0.15, 0.2) is 0 Å². The molecule has 0 aliphatic heterocycles. The SMILES string of the molecule is O=C(N(CCOCCOCCN(C(=O)C(F)(F)F)C(=O)C(F)(F)F)C(=O)C(F)(F)F)C(F)(F)F. The Hall–Kier alpha value is -2.64. The highest BCUT2D eigenvalue weighted by molar-refractivity contribution is 6.00. The second-order valence-corrected chi connectivity index (χ2v) is 5.74. The number of nitrogens with zero attached hydrogens (tertiary/aromatic N) is 2. The van der Waals surface area contributed by atoms with Gasteiger partial charge in [0.1, 0.15) is 0 Å². The second kappa shape index (κ2) is 11.7. The van der Waals surface area contributed by atoms with Gasteiger partial charge in [0.25, 0.3) is 0 Å². The molecule has 0 atom stereocenters. The number of amides is 4. The van der Waals surface area contributed by atoms with Crippen LogP contribution in [-0.2, 0) is 28.7 Å². The summed E-state index contributed by atoms with van der Waals surface area (Å²) in [4.78, 5) is 41.4. The molecule has 0 fully saturated rings. The lowest BCUT2D eigenvalue weighted by molar-refractivity contribution is -0.205. The lowest BCUT2D eigenvalue weighted by Crippen LogP contribution is -2.51. The molecule has 198 valence electrons. The van der Waals surface area contributed by atoms with Gasteiger partial charge in [-0.3, -0.25) is 29.0 Å². The first kappa shape index (κ1) is 31.4. The Kier molecular flexibility index (Phi) is 10.8. The molecule has 0 radical (unpaired) electrons. The lowest BCUT2D eigenvalue weighted by atomic mass is 10.4. The molecular formula is C14H12F12N2O6. The van der Waals surface area contributed by atoms with E-state index in [0.29, 0.717) is 0 Å². The number of carbonyl (C=O) groups excluding carboxylic acids is 4. The van der Waals surface area contributed by atoms with Crippen molar-refractivity contribution in [2.24, 2.45) is 0 Å². The first-order valence-electron chi connectivity index (χ1n) is 8.27. The molecular weight excluding hydrogens is 520 g/mol. The van der Waals surface area contributed by atoms with E-state index in [1.165, 1.54) is 0 Å². The molecule has 4 amide bonds. The first-order valence-corrected chi connectivity index (χ1v) is 8.27. The number of alkyl halides is 12. The zero-order valence-electron chi connectivity index (χ0n) is 16.1. The third kappa shape index (κ3) is 10.1. The number of halogens is 12. The average Bonchev–Trinajstić information content (AvgIpc) is 2.65. The summed E-state index contributed by atoms with van der Waals surface area (Å²) in [5.74, 6) is -12.6. The topological polar surface area (TPSA) is 93.2 Å². The smallest absolute Gasteiger partial charge is 0.377 e. The molecule has 20 heteroatoms. The van der Waals surface area contributed by atoms with Crippen LogP contribution >= 0.6 is 0 Å². The summed E-state index contributed by atoms with van der Waals surface area (Å²) in [7, 11) is 0. The van der Waals surface area contributed by atoms with Crippen LogP contribution in [0.4, 0.5) is 52.7 Å². The molecule has 0 aromatic rings. The minimum absolute atomic E-state index is 0.741. The fourth-order valence-electron chi connectivity index (χ4n) is 1.84. The third-order valence-electron chi connectivity index (χ3n) is 3.24. The summed E-state index contributed by atoms with van der Waals surface area (Å²) in [5.41, 5.74) is 0. The summed E-state index contributed by atoms with van der Waals surface area (Å²) in [6.45, 7) is -6.73. The van der Waals surface area contributed by atoms with E-state index in [9.17, 15) is 71.9 Å².